The van der Waals surface area contributed by atoms with E-state index in [1.54, 1.807) is 25.3 Å². The van der Waals surface area contributed by atoms with Crippen LogP contribution in [-0.2, 0) is 4.79 Å². The highest BCUT2D eigenvalue weighted by atomic mass is 16.2. The monoisotopic (exact) mass is 242 g/mol. The minimum absolute atomic E-state index is 0.224. The van der Waals surface area contributed by atoms with Gasteiger partial charge in [-0.1, -0.05) is 0 Å². The summed E-state index contributed by atoms with van der Waals surface area (Å²) in [6.45, 7) is 1.70. The Bertz CT molecular complexity index is 618. The molecule has 0 saturated heterocycles. The number of aromatic nitrogens is 3. The van der Waals surface area contributed by atoms with Crippen LogP contribution in [0.15, 0.2) is 23.4 Å². The maximum Gasteiger partial charge on any atom is 0.254 e. The first-order chi connectivity index (χ1) is 8.70. The Morgan fingerprint density at radius 2 is 2.50 bits per heavy atom. The number of hydrogen-bond donors (Lipinski definition) is 2. The molecule has 0 spiro atoms. The first kappa shape index (κ1) is 11.7. The number of hydrogen-bond acceptors (Lipinski definition) is 5. The molecule has 0 aromatic carbocycles. The van der Waals surface area contributed by atoms with E-state index < -0.39 is 5.91 Å². The number of imidazole rings is 1. The molecule has 0 bridgehead atoms. The van der Waals surface area contributed by atoms with Crippen molar-refractivity contribution in [3.63, 3.8) is 0 Å². The fraction of sp³-hybridized carbons (Fsp3) is 0.182. The predicted molar refractivity (Wildman–Crippen MR) is 64.5 cm³/mol. The fourth-order valence-electron chi connectivity index (χ4n) is 1.33. The second kappa shape index (κ2) is 5.05. The topological polar surface area (TPSA) is 107 Å². The van der Waals surface area contributed by atoms with Crippen molar-refractivity contribution < 1.29 is 4.79 Å². The van der Waals surface area contributed by atoms with Gasteiger partial charge >= 0.3 is 0 Å². The molecule has 2 heterocycles. The molecule has 1 amide bonds. The van der Waals surface area contributed by atoms with Crippen molar-refractivity contribution in [3.8, 4) is 6.07 Å². The number of H-pyrrole nitrogens is 1. The van der Waals surface area contributed by atoms with Crippen LogP contribution in [0.4, 0.5) is 0 Å². The molecule has 0 radical (unpaired) electrons. The standard InChI is InChI=1S/C11H10N6O/c1-7(16-17-9(18)4-5-12)10-14-8-3-2-6-13-11(8)15-10/h2-3,6H,4H2,1H3,(H,17,18)(H,13,14,15)/b16-7+. The van der Waals surface area contributed by atoms with E-state index in [1.807, 2.05) is 6.07 Å². The van der Waals surface area contributed by atoms with Gasteiger partial charge in [-0.05, 0) is 19.1 Å². The SMILES string of the molecule is C/C(=N\NC(=O)CC#N)c1nc2ncccc2[nH]1. The van der Waals surface area contributed by atoms with Crippen LogP contribution in [0.5, 0.6) is 0 Å². The third-order valence-electron chi connectivity index (χ3n) is 2.19. The zero-order valence-corrected chi connectivity index (χ0v) is 9.64. The Morgan fingerprint density at radius 3 is 3.22 bits per heavy atom. The Labute approximate surface area is 103 Å². The van der Waals surface area contributed by atoms with Crippen LogP contribution < -0.4 is 5.43 Å². The van der Waals surface area contributed by atoms with Gasteiger partial charge in [-0.25, -0.2) is 15.4 Å². The summed E-state index contributed by atoms with van der Waals surface area (Å²) in [5.74, 6) is 0.0760. The summed E-state index contributed by atoms with van der Waals surface area (Å²) in [5.41, 5.74) is 4.17. The van der Waals surface area contributed by atoms with Crippen molar-refractivity contribution in [2.24, 2.45) is 5.10 Å². The summed E-state index contributed by atoms with van der Waals surface area (Å²) in [4.78, 5) is 22.4. The van der Waals surface area contributed by atoms with Gasteiger partial charge in [0.1, 0.15) is 12.1 Å². The number of nitrogens with zero attached hydrogens (tertiary/aromatic N) is 4. The van der Waals surface area contributed by atoms with E-state index in [0.717, 1.165) is 5.52 Å². The van der Waals surface area contributed by atoms with E-state index in [2.05, 4.69) is 25.5 Å². The van der Waals surface area contributed by atoms with Gasteiger partial charge < -0.3 is 4.98 Å². The third-order valence-corrected chi connectivity index (χ3v) is 2.19. The van der Waals surface area contributed by atoms with Gasteiger partial charge in [-0.2, -0.15) is 10.4 Å². The number of nitrogens with one attached hydrogen (secondary N) is 2. The summed E-state index contributed by atoms with van der Waals surface area (Å²) in [5, 5.41) is 12.2. The number of hydrazone groups is 1. The average Bonchev–Trinajstić information content (AvgIpc) is 2.80. The van der Waals surface area contributed by atoms with E-state index >= 15 is 0 Å². The number of pyridine rings is 1. The third kappa shape index (κ3) is 2.49. The Balaban J connectivity index is 2.18. The van der Waals surface area contributed by atoms with Gasteiger partial charge in [0.25, 0.3) is 5.91 Å². The van der Waals surface area contributed by atoms with Crippen molar-refractivity contribution in [3.05, 3.63) is 24.2 Å². The number of amides is 1. The molecule has 0 unspecified atom stereocenters. The van der Waals surface area contributed by atoms with Gasteiger partial charge in [0, 0.05) is 6.20 Å². The zero-order valence-electron chi connectivity index (χ0n) is 9.64. The first-order valence-corrected chi connectivity index (χ1v) is 5.22. The normalized spacial score (nSPS) is 11.2. The van der Waals surface area contributed by atoms with Crippen molar-refractivity contribution in [1.82, 2.24) is 20.4 Å². The summed E-state index contributed by atoms with van der Waals surface area (Å²) >= 11 is 0. The van der Waals surface area contributed by atoms with Crippen LogP contribution in [0.25, 0.3) is 11.2 Å². The fourth-order valence-corrected chi connectivity index (χ4v) is 1.33. The molecule has 0 aliphatic heterocycles. The van der Waals surface area contributed by atoms with E-state index in [-0.39, 0.29) is 6.42 Å². The lowest BCUT2D eigenvalue weighted by Crippen LogP contribution is -2.18. The predicted octanol–water partition coefficient (Wildman–Crippen LogP) is 0.712. The van der Waals surface area contributed by atoms with Crippen LogP contribution >= 0.6 is 0 Å². The van der Waals surface area contributed by atoms with Crippen molar-refractivity contribution >= 4 is 22.8 Å². The molecule has 2 aromatic heterocycles. The summed E-state index contributed by atoms with van der Waals surface area (Å²) in [6, 6.07) is 5.38. The maximum atomic E-state index is 11.1. The number of fused-ring (bicyclic) bond motifs is 1. The lowest BCUT2D eigenvalue weighted by atomic mass is 10.4. The van der Waals surface area contributed by atoms with E-state index in [1.165, 1.54) is 0 Å². The van der Waals surface area contributed by atoms with Crippen molar-refractivity contribution in [2.45, 2.75) is 13.3 Å². The molecule has 0 saturated carbocycles. The molecule has 0 atom stereocenters. The smallest absolute Gasteiger partial charge is 0.254 e. The highest BCUT2D eigenvalue weighted by Crippen LogP contribution is 2.07. The molecular formula is C11H10N6O. The lowest BCUT2D eigenvalue weighted by molar-refractivity contribution is -0.120. The molecular weight excluding hydrogens is 232 g/mol. The summed E-state index contributed by atoms with van der Waals surface area (Å²) in [7, 11) is 0. The van der Waals surface area contributed by atoms with Gasteiger partial charge in [0.2, 0.25) is 0 Å². The molecule has 2 aromatic rings. The quantitative estimate of drug-likeness (QED) is 0.610. The average molecular weight is 242 g/mol. The van der Waals surface area contributed by atoms with Gasteiger partial charge in [0.15, 0.2) is 11.5 Å². The summed E-state index contributed by atoms with van der Waals surface area (Å²) in [6.07, 6.45) is 1.42. The Morgan fingerprint density at radius 1 is 1.67 bits per heavy atom. The van der Waals surface area contributed by atoms with E-state index in [4.69, 9.17) is 5.26 Å². The van der Waals surface area contributed by atoms with Gasteiger partial charge in [0.05, 0.1) is 11.6 Å². The number of nitriles is 1. The van der Waals surface area contributed by atoms with Crippen molar-refractivity contribution in [1.29, 1.82) is 5.26 Å². The summed E-state index contributed by atoms with van der Waals surface area (Å²) < 4.78 is 0. The maximum absolute atomic E-state index is 11.1. The molecule has 0 aliphatic rings. The highest BCUT2D eigenvalue weighted by Gasteiger charge is 2.06. The van der Waals surface area contributed by atoms with Crippen LogP contribution in [0, 0.1) is 11.3 Å². The van der Waals surface area contributed by atoms with Crippen LogP contribution in [0.2, 0.25) is 0 Å². The largest absolute Gasteiger partial charge is 0.336 e. The second-order valence-electron chi connectivity index (χ2n) is 3.53. The molecule has 7 heteroatoms. The molecule has 18 heavy (non-hydrogen) atoms. The minimum atomic E-state index is -0.453. The Kier molecular flexibility index (Phi) is 3.29. The second-order valence-corrected chi connectivity index (χ2v) is 3.53. The Hall–Kier alpha value is -2.75. The molecule has 7 nitrogen and oxygen atoms in total. The van der Waals surface area contributed by atoms with Crippen LogP contribution in [0.1, 0.15) is 19.2 Å². The number of aromatic amines is 1. The lowest BCUT2D eigenvalue weighted by Gasteiger charge is -1.96. The van der Waals surface area contributed by atoms with Crippen molar-refractivity contribution in [2.75, 3.05) is 0 Å². The first-order valence-electron chi connectivity index (χ1n) is 5.22. The molecule has 2 rings (SSSR count). The van der Waals surface area contributed by atoms with Crippen LogP contribution in [-0.4, -0.2) is 26.6 Å². The molecule has 0 fully saturated rings. The minimum Gasteiger partial charge on any atom is -0.336 e. The zero-order chi connectivity index (χ0) is 13.0. The highest BCUT2D eigenvalue weighted by molar-refractivity contribution is 5.98. The van der Waals surface area contributed by atoms with Gasteiger partial charge in [-0.15, -0.1) is 0 Å². The number of rotatable bonds is 3. The number of carbonyl (C=O) groups is 1. The van der Waals surface area contributed by atoms with Crippen LogP contribution in [0.3, 0.4) is 0 Å². The number of carbonyl (C=O) groups excluding carboxylic acids is 1. The van der Waals surface area contributed by atoms with E-state index in [9.17, 15) is 4.79 Å². The van der Waals surface area contributed by atoms with Gasteiger partial charge in [-0.3, -0.25) is 4.79 Å². The molecule has 2 N–H and O–H groups in total. The van der Waals surface area contributed by atoms with E-state index in [0.29, 0.717) is 17.2 Å². The molecule has 90 valence electrons. The molecule has 0 aliphatic carbocycles.